The molecule has 8 rings (SSSR count). The molecule has 1 heterocycles. The van der Waals surface area contributed by atoms with E-state index in [0.717, 1.165) is 44.1 Å². The van der Waals surface area contributed by atoms with Gasteiger partial charge in [-0.1, -0.05) is 103 Å². The number of methoxy groups -OCH3 is 1. The second kappa shape index (κ2) is 13.0. The first kappa shape index (κ1) is 36.3. The fraction of sp³-hybridized carbons (Fsp3) is 0.596. The van der Waals surface area contributed by atoms with Gasteiger partial charge in [0.15, 0.2) is 17.3 Å². The number of benzene rings is 2. The molecule has 2 aromatic carbocycles. The van der Waals surface area contributed by atoms with E-state index in [1.54, 1.807) is 12.7 Å². The maximum absolute atomic E-state index is 14.4. The molecule has 5 aliphatic carbocycles. The lowest BCUT2D eigenvalue weighted by Gasteiger charge is -2.70. The lowest BCUT2D eigenvalue weighted by molar-refractivity contribution is -0.184. The summed E-state index contributed by atoms with van der Waals surface area (Å²) in [5, 5.41) is 0. The Morgan fingerprint density at radius 2 is 1.58 bits per heavy atom. The molecule has 3 aromatic rings. The zero-order chi connectivity index (χ0) is 37.4. The number of hydrogen-bond acceptors (Lipinski definition) is 6. The Morgan fingerprint density at radius 3 is 2.34 bits per heavy atom. The van der Waals surface area contributed by atoms with Crippen LogP contribution in [0, 0.1) is 51.2 Å². The zero-order valence-electron chi connectivity index (χ0n) is 33.3. The molecule has 6 nitrogen and oxygen atoms in total. The van der Waals surface area contributed by atoms with Crippen LogP contribution in [0.5, 0.6) is 11.5 Å². The quantitative estimate of drug-likeness (QED) is 0.179. The summed E-state index contributed by atoms with van der Waals surface area (Å²) in [5.41, 5.74) is 4.84. The average molecular weight is 717 g/mol. The van der Waals surface area contributed by atoms with Gasteiger partial charge in [0.05, 0.1) is 18.2 Å². The average Bonchev–Trinajstić information content (AvgIpc) is 3.15. The van der Waals surface area contributed by atoms with Crippen molar-refractivity contribution < 1.29 is 19.0 Å². The molecule has 1 aromatic heterocycles. The van der Waals surface area contributed by atoms with Gasteiger partial charge in [0.1, 0.15) is 13.2 Å². The van der Waals surface area contributed by atoms with Crippen LogP contribution in [0.4, 0.5) is 0 Å². The Balaban J connectivity index is 1.10. The topological polar surface area (TPSA) is 70.5 Å². The highest BCUT2D eigenvalue weighted by molar-refractivity contribution is 5.79. The van der Waals surface area contributed by atoms with Gasteiger partial charge in [-0.15, -0.1) is 0 Å². The third-order valence-corrected chi connectivity index (χ3v) is 16.3. The van der Waals surface area contributed by atoms with Gasteiger partial charge in [0.25, 0.3) is 0 Å². The van der Waals surface area contributed by atoms with Gasteiger partial charge in [-0.05, 0) is 120 Å². The number of allylic oxidation sites excluding steroid dienone is 2. The highest BCUT2D eigenvalue weighted by Gasteiger charge is 2.69. The fourth-order valence-corrected chi connectivity index (χ4v) is 13.2. The predicted octanol–water partition coefficient (Wildman–Crippen LogP) is 10.5. The monoisotopic (exact) mass is 716 g/mol. The highest BCUT2D eigenvalue weighted by atomic mass is 16.5. The number of nitrogens with zero attached hydrogens (tertiary/aromatic N) is 2. The summed E-state index contributed by atoms with van der Waals surface area (Å²) in [6.45, 7) is 18.2. The summed E-state index contributed by atoms with van der Waals surface area (Å²) in [5.74, 6) is 4.44. The van der Waals surface area contributed by atoms with E-state index < -0.39 is 5.41 Å². The lowest BCUT2D eigenvalue weighted by atomic mass is 9.33. The van der Waals surface area contributed by atoms with E-state index in [1.807, 2.05) is 42.5 Å². The molecule has 0 radical (unpaired) electrons. The molecule has 0 N–H and O–H groups in total. The van der Waals surface area contributed by atoms with E-state index in [2.05, 4.69) is 72.9 Å². The molecule has 0 unspecified atom stereocenters. The summed E-state index contributed by atoms with van der Waals surface area (Å²) >= 11 is 0. The molecular formula is C47H60N2O4. The molecule has 0 amide bonds. The third kappa shape index (κ3) is 5.42. The molecule has 0 bridgehead atoms. The Bertz CT molecular complexity index is 1910. The van der Waals surface area contributed by atoms with Crippen LogP contribution in [0.2, 0.25) is 0 Å². The number of carbonyl (C=O) groups excluding carboxylic acids is 1. The third-order valence-electron chi connectivity index (χ3n) is 16.3. The van der Waals surface area contributed by atoms with Crippen molar-refractivity contribution in [1.29, 1.82) is 0 Å². The van der Waals surface area contributed by atoms with Crippen LogP contribution in [0.15, 0.2) is 72.4 Å². The number of aromatic nitrogens is 2. The molecule has 3 saturated carbocycles. The maximum atomic E-state index is 14.4. The molecule has 6 heteroatoms. The van der Waals surface area contributed by atoms with Crippen LogP contribution >= 0.6 is 0 Å². The highest BCUT2D eigenvalue weighted by Crippen LogP contribution is 2.75. The molecule has 5 aliphatic rings. The van der Waals surface area contributed by atoms with Crippen molar-refractivity contribution >= 4 is 5.97 Å². The molecule has 282 valence electrons. The van der Waals surface area contributed by atoms with E-state index in [0.29, 0.717) is 54.2 Å². The molecule has 9 atom stereocenters. The minimum Gasteiger partial charge on any atom is -0.493 e. The Kier molecular flexibility index (Phi) is 8.89. The van der Waals surface area contributed by atoms with Crippen molar-refractivity contribution in [1.82, 2.24) is 9.97 Å². The molecular weight excluding hydrogens is 657 g/mol. The van der Waals surface area contributed by atoms with Crippen molar-refractivity contribution in [2.24, 2.45) is 51.2 Å². The number of ether oxygens (including phenoxy) is 3. The summed E-state index contributed by atoms with van der Waals surface area (Å²) in [7, 11) is 1.66. The Hall–Kier alpha value is -3.67. The smallest absolute Gasteiger partial charge is 0.313 e. The van der Waals surface area contributed by atoms with E-state index >= 15 is 0 Å². The van der Waals surface area contributed by atoms with Crippen LogP contribution in [-0.2, 0) is 34.6 Å². The molecule has 0 saturated heterocycles. The van der Waals surface area contributed by atoms with Gasteiger partial charge < -0.3 is 14.2 Å². The number of esters is 1. The summed E-state index contributed by atoms with van der Waals surface area (Å²) < 4.78 is 17.9. The summed E-state index contributed by atoms with van der Waals surface area (Å²) in [6.07, 6.45) is 13.2. The van der Waals surface area contributed by atoms with E-state index in [9.17, 15) is 4.79 Å². The summed E-state index contributed by atoms with van der Waals surface area (Å²) in [6, 6.07) is 17.9. The number of para-hydroxylation sites is 2. The second-order valence-electron chi connectivity index (χ2n) is 18.9. The normalized spacial score (nSPS) is 36.7. The van der Waals surface area contributed by atoms with Gasteiger partial charge in [-0.2, -0.15) is 0 Å². The van der Waals surface area contributed by atoms with E-state index in [4.69, 9.17) is 24.2 Å². The first-order chi connectivity index (χ1) is 25.3. The zero-order valence-corrected chi connectivity index (χ0v) is 33.3. The Morgan fingerprint density at radius 1 is 0.849 bits per heavy atom. The van der Waals surface area contributed by atoms with E-state index in [1.165, 1.54) is 24.1 Å². The first-order valence-corrected chi connectivity index (χ1v) is 20.3. The number of carbonyl (C=O) groups is 1. The van der Waals surface area contributed by atoms with Gasteiger partial charge in [0.2, 0.25) is 0 Å². The summed E-state index contributed by atoms with van der Waals surface area (Å²) in [4.78, 5) is 24.6. The van der Waals surface area contributed by atoms with Gasteiger partial charge in [-0.3, -0.25) is 4.79 Å². The fourth-order valence-electron chi connectivity index (χ4n) is 13.2. The van der Waals surface area contributed by atoms with Crippen molar-refractivity contribution in [2.45, 2.75) is 118 Å². The van der Waals surface area contributed by atoms with Crippen LogP contribution in [-0.4, -0.2) is 23.0 Å². The number of hydrogen-bond donors (Lipinski definition) is 0. The van der Waals surface area contributed by atoms with Crippen LogP contribution in [0.25, 0.3) is 0 Å². The van der Waals surface area contributed by atoms with Crippen molar-refractivity contribution in [2.75, 3.05) is 7.11 Å². The maximum Gasteiger partial charge on any atom is 0.313 e. The van der Waals surface area contributed by atoms with Crippen molar-refractivity contribution in [3.63, 3.8) is 0 Å². The second-order valence-corrected chi connectivity index (χ2v) is 18.9. The predicted molar refractivity (Wildman–Crippen MR) is 208 cm³/mol. The van der Waals surface area contributed by atoms with Crippen LogP contribution in [0.3, 0.4) is 0 Å². The van der Waals surface area contributed by atoms with Crippen molar-refractivity contribution in [3.05, 3.63) is 95.1 Å². The Labute approximate surface area is 317 Å². The molecule has 3 fully saturated rings. The van der Waals surface area contributed by atoms with Crippen LogP contribution in [0.1, 0.15) is 116 Å². The first-order valence-electron chi connectivity index (χ1n) is 20.3. The minimum absolute atomic E-state index is 0.0315. The van der Waals surface area contributed by atoms with Gasteiger partial charge in [0, 0.05) is 11.6 Å². The van der Waals surface area contributed by atoms with Crippen LogP contribution < -0.4 is 9.47 Å². The standard InChI is InChI=1S/C47H60N2O4/c1-30-20-23-47(42(50)53-28-32-14-10-9-11-15-32)25-24-45(6)34(40(47)31(30)2)18-19-38-44(5)26-33-27-48-39(29-52-36-17-13-12-16-35(36)51-8)49-41(33)43(3,4)37(44)21-22-46(38,45)7/h9-18,27,30-31,37-38,40H,19-26,28-29H2,1-8H3/t30-,31-,37+,38-,40-,44+,45+,46-,47-/m0/s1. The van der Waals surface area contributed by atoms with Gasteiger partial charge >= 0.3 is 5.97 Å². The molecule has 53 heavy (non-hydrogen) atoms. The number of rotatable bonds is 7. The minimum atomic E-state index is -0.438. The van der Waals surface area contributed by atoms with E-state index in [-0.39, 0.29) is 33.5 Å². The lowest BCUT2D eigenvalue weighted by Crippen LogP contribution is -2.65. The molecule has 0 spiro atoms. The van der Waals surface area contributed by atoms with Crippen molar-refractivity contribution in [3.8, 4) is 11.5 Å². The SMILES string of the molecule is COc1ccccc1OCc1ncc2c(n1)C(C)(C)[C@H]1CC[C@@]3(C)[C@@H](CC=C4[C@@H]5[C@@H](C)[C@@H](C)CC[C@]5(C(=O)OCc5ccccc5)CC[C@]43C)[C@]1(C)C2. The number of fused-ring (bicyclic) bond motifs is 8. The van der Waals surface area contributed by atoms with Gasteiger partial charge in [-0.25, -0.2) is 9.97 Å². The largest absolute Gasteiger partial charge is 0.493 e. The molecule has 0 aliphatic heterocycles.